The van der Waals surface area contributed by atoms with E-state index < -0.39 is 15.9 Å². The van der Waals surface area contributed by atoms with Crippen molar-refractivity contribution in [3.05, 3.63) is 48.5 Å². The van der Waals surface area contributed by atoms with Crippen LogP contribution in [0.1, 0.15) is 6.42 Å². The molecule has 27 heavy (non-hydrogen) atoms. The molecular weight excluding hydrogens is 384 g/mol. The summed E-state index contributed by atoms with van der Waals surface area (Å²) in [6.45, 7) is 0.388. The summed E-state index contributed by atoms with van der Waals surface area (Å²) in [6.07, 6.45) is 0.233. The second-order valence-electron chi connectivity index (χ2n) is 6.23. The Kier molecular flexibility index (Phi) is 5.83. The summed E-state index contributed by atoms with van der Waals surface area (Å²) in [6, 6.07) is 15.5. The molecule has 2 aromatic carbocycles. The Morgan fingerprint density at radius 2 is 1.78 bits per heavy atom. The van der Waals surface area contributed by atoms with E-state index >= 15 is 0 Å². The zero-order valence-corrected chi connectivity index (χ0v) is 16.7. The van der Waals surface area contributed by atoms with Crippen LogP contribution in [0.2, 0.25) is 0 Å². The first-order valence-corrected chi connectivity index (χ1v) is 10.8. The first kappa shape index (κ1) is 19.4. The Morgan fingerprint density at radius 1 is 1.07 bits per heavy atom. The van der Waals surface area contributed by atoms with Crippen molar-refractivity contribution in [1.82, 2.24) is 0 Å². The Morgan fingerprint density at radius 3 is 2.44 bits per heavy atom. The summed E-state index contributed by atoms with van der Waals surface area (Å²) in [5.41, 5.74) is 2.75. The standard InChI is InChI=1S/C18H20N4O3S2/c1-21(2)15-10-8-14(9-11-15)19-20-18-22(12-5-13-27(23,24)25)16-6-3-4-7-17(16)26-18/h3-4,6-11H,5,12-13H2,1-2H3. The highest BCUT2D eigenvalue weighted by molar-refractivity contribution is 7.85. The van der Waals surface area contributed by atoms with E-state index in [-0.39, 0.29) is 6.42 Å². The number of aryl methyl sites for hydroxylation is 1. The summed E-state index contributed by atoms with van der Waals surface area (Å²) in [7, 11) is -0.286. The van der Waals surface area contributed by atoms with Gasteiger partial charge in [0.15, 0.2) is 0 Å². The van der Waals surface area contributed by atoms with Gasteiger partial charge in [-0.2, -0.15) is 0 Å². The molecular formula is C18H20N4O3S2. The number of hydrogen-bond acceptors (Lipinski definition) is 7. The third-order valence-electron chi connectivity index (χ3n) is 3.98. The number of rotatable bonds is 7. The average Bonchev–Trinajstić information content (AvgIpc) is 2.97. The predicted molar refractivity (Wildman–Crippen MR) is 106 cm³/mol. The van der Waals surface area contributed by atoms with Gasteiger partial charge in [-0.1, -0.05) is 12.1 Å². The highest BCUT2D eigenvalue weighted by Gasteiger charge is 2.19. The van der Waals surface area contributed by atoms with E-state index in [0.29, 0.717) is 11.7 Å². The van der Waals surface area contributed by atoms with Gasteiger partial charge >= 0.3 is 5.13 Å². The molecule has 1 heterocycles. The average molecular weight is 405 g/mol. The summed E-state index contributed by atoms with van der Waals surface area (Å²) < 4.78 is 35.6. The Balaban J connectivity index is 1.87. The van der Waals surface area contributed by atoms with Gasteiger partial charge in [0.05, 0.1) is 26.5 Å². The monoisotopic (exact) mass is 404 g/mol. The van der Waals surface area contributed by atoms with E-state index in [4.69, 9.17) is 0 Å². The maximum absolute atomic E-state index is 10.9. The van der Waals surface area contributed by atoms with Crippen LogP contribution in [0.5, 0.6) is 0 Å². The van der Waals surface area contributed by atoms with E-state index in [1.807, 2.05) is 72.1 Å². The smallest absolute Gasteiger partial charge is 0.409 e. The minimum absolute atomic E-state index is 0.233. The van der Waals surface area contributed by atoms with Crippen molar-refractivity contribution < 1.29 is 17.5 Å². The molecule has 1 aromatic heterocycles. The lowest BCUT2D eigenvalue weighted by Crippen LogP contribution is -2.33. The van der Waals surface area contributed by atoms with E-state index in [1.165, 1.54) is 11.3 Å². The second kappa shape index (κ2) is 8.12. The molecule has 0 aliphatic heterocycles. The third kappa shape index (κ3) is 5.09. The van der Waals surface area contributed by atoms with Crippen LogP contribution in [-0.4, -0.2) is 32.8 Å². The van der Waals surface area contributed by atoms with Crippen LogP contribution in [0.25, 0.3) is 10.2 Å². The van der Waals surface area contributed by atoms with Crippen LogP contribution in [0.3, 0.4) is 0 Å². The number of aromatic nitrogens is 1. The predicted octanol–water partition coefficient (Wildman–Crippen LogP) is 3.61. The fraction of sp³-hybridized carbons (Fsp3) is 0.278. The van der Waals surface area contributed by atoms with Gasteiger partial charge in [0.25, 0.3) is 0 Å². The van der Waals surface area contributed by atoms with Crippen molar-refractivity contribution >= 4 is 48.2 Å². The van der Waals surface area contributed by atoms with Gasteiger partial charge in [0.2, 0.25) is 0 Å². The molecule has 3 rings (SSSR count). The summed E-state index contributed by atoms with van der Waals surface area (Å²) in [5.74, 6) is -0.396. The van der Waals surface area contributed by atoms with E-state index in [2.05, 4.69) is 10.2 Å². The van der Waals surface area contributed by atoms with Crippen LogP contribution in [0.15, 0.2) is 58.8 Å². The summed E-state index contributed by atoms with van der Waals surface area (Å²) in [5, 5.41) is 9.34. The Hall–Kier alpha value is -2.36. The van der Waals surface area contributed by atoms with Crippen molar-refractivity contribution in [2.24, 2.45) is 10.2 Å². The fourth-order valence-corrected chi connectivity index (χ4v) is 4.12. The van der Waals surface area contributed by atoms with Gasteiger partial charge < -0.3 is 9.45 Å². The second-order valence-corrected chi connectivity index (χ2v) is 8.76. The van der Waals surface area contributed by atoms with Crippen LogP contribution in [-0.2, 0) is 16.7 Å². The topological polar surface area (TPSA) is 89.0 Å². The number of benzene rings is 2. The van der Waals surface area contributed by atoms with Crippen molar-refractivity contribution in [3.8, 4) is 0 Å². The highest BCUT2D eigenvalue weighted by atomic mass is 32.2. The molecule has 0 unspecified atom stereocenters. The van der Waals surface area contributed by atoms with Gasteiger partial charge in [-0.05, 0) is 59.3 Å². The van der Waals surface area contributed by atoms with Crippen LogP contribution < -0.4 is 9.47 Å². The number of hydrogen-bond donors (Lipinski definition) is 0. The molecule has 0 N–H and O–H groups in total. The SMILES string of the molecule is CN(C)c1ccc(N=Nc2sc3ccccc3[n+]2CCCS(=O)(=O)[O-])cc1. The van der Waals surface area contributed by atoms with E-state index in [9.17, 15) is 13.0 Å². The molecule has 142 valence electrons. The molecule has 0 bridgehead atoms. The van der Waals surface area contributed by atoms with Gasteiger partial charge in [-0.25, -0.2) is 13.0 Å². The number of thiazole rings is 1. The Bertz CT molecular complexity index is 1060. The number of azo groups is 1. The van der Waals surface area contributed by atoms with Crippen molar-refractivity contribution in [1.29, 1.82) is 0 Å². The molecule has 0 atom stereocenters. The molecule has 9 heteroatoms. The molecule has 7 nitrogen and oxygen atoms in total. The zero-order chi connectivity index (χ0) is 19.4. The highest BCUT2D eigenvalue weighted by Crippen LogP contribution is 2.28. The van der Waals surface area contributed by atoms with Gasteiger partial charge in [0.1, 0.15) is 11.2 Å². The molecule has 0 amide bonds. The van der Waals surface area contributed by atoms with Gasteiger partial charge in [-0.3, -0.25) is 0 Å². The maximum atomic E-state index is 10.9. The molecule has 0 saturated heterocycles. The maximum Gasteiger partial charge on any atom is 0.409 e. The first-order valence-electron chi connectivity index (χ1n) is 8.37. The van der Waals surface area contributed by atoms with Crippen LogP contribution >= 0.6 is 11.3 Å². The molecule has 0 aliphatic rings. The molecule has 0 radical (unpaired) electrons. The minimum atomic E-state index is -4.23. The summed E-state index contributed by atoms with van der Waals surface area (Å²) >= 11 is 1.48. The van der Waals surface area contributed by atoms with E-state index in [1.54, 1.807) is 0 Å². The molecule has 0 spiro atoms. The molecule has 0 aliphatic carbocycles. The van der Waals surface area contributed by atoms with Crippen molar-refractivity contribution in [2.75, 3.05) is 24.7 Å². The van der Waals surface area contributed by atoms with Gasteiger partial charge in [0, 0.05) is 25.5 Å². The summed E-state index contributed by atoms with van der Waals surface area (Å²) in [4.78, 5) is 2.00. The van der Waals surface area contributed by atoms with Gasteiger partial charge in [-0.15, -0.1) is 0 Å². The molecule has 0 saturated carbocycles. The number of para-hydroxylation sites is 1. The number of nitrogens with zero attached hydrogens (tertiary/aromatic N) is 4. The first-order chi connectivity index (χ1) is 12.8. The number of fused-ring (bicyclic) bond motifs is 1. The Labute approximate surface area is 162 Å². The third-order valence-corrected chi connectivity index (χ3v) is 5.82. The molecule has 0 fully saturated rings. The van der Waals surface area contributed by atoms with Crippen LogP contribution in [0, 0.1) is 0 Å². The minimum Gasteiger partial charge on any atom is -0.748 e. The van der Waals surface area contributed by atoms with Crippen molar-refractivity contribution in [3.63, 3.8) is 0 Å². The molecule has 3 aromatic rings. The van der Waals surface area contributed by atoms with E-state index in [0.717, 1.165) is 21.6 Å². The lowest BCUT2D eigenvalue weighted by atomic mass is 10.3. The van der Waals surface area contributed by atoms with Crippen LogP contribution in [0.4, 0.5) is 16.5 Å². The lowest BCUT2D eigenvalue weighted by molar-refractivity contribution is -0.654. The number of anilines is 1. The largest absolute Gasteiger partial charge is 0.748 e. The zero-order valence-electron chi connectivity index (χ0n) is 15.1. The normalized spacial score (nSPS) is 12.1. The van der Waals surface area contributed by atoms with Crippen molar-refractivity contribution in [2.45, 2.75) is 13.0 Å². The fourth-order valence-electron chi connectivity index (χ4n) is 2.63. The lowest BCUT2D eigenvalue weighted by Gasteiger charge is -2.11. The quantitative estimate of drug-likeness (QED) is 0.342.